The fraction of sp³-hybridized carbons (Fsp3) is 0.333. The normalized spacial score (nSPS) is 16.2. The lowest BCUT2D eigenvalue weighted by molar-refractivity contribution is 0.102. The maximum absolute atomic E-state index is 13.8. The second-order valence-electron chi connectivity index (χ2n) is 8.18. The maximum atomic E-state index is 13.8. The summed E-state index contributed by atoms with van der Waals surface area (Å²) in [6.07, 6.45) is 2.40. The van der Waals surface area contributed by atoms with E-state index in [4.69, 9.17) is 0 Å². The molecule has 1 aliphatic carbocycles. The van der Waals surface area contributed by atoms with Gasteiger partial charge in [0.1, 0.15) is 0 Å². The zero-order valence-corrected chi connectivity index (χ0v) is 18.4. The van der Waals surface area contributed by atoms with E-state index in [9.17, 15) is 13.6 Å². The molecule has 1 N–H and O–H groups in total. The number of carbonyl (C=O) groups is 1. The van der Waals surface area contributed by atoms with Crippen LogP contribution in [0.3, 0.4) is 0 Å². The minimum Gasteiger partial charge on any atom is -0.321 e. The summed E-state index contributed by atoms with van der Waals surface area (Å²) in [4.78, 5) is 15.5. The highest BCUT2D eigenvalue weighted by molar-refractivity contribution is 7.99. The van der Waals surface area contributed by atoms with Gasteiger partial charge in [-0.2, -0.15) is 16.9 Å². The van der Waals surface area contributed by atoms with Crippen LogP contribution in [0.5, 0.6) is 0 Å². The number of thioether (sulfide) groups is 1. The molecule has 1 aliphatic heterocycles. The predicted octanol–water partition coefficient (Wildman–Crippen LogP) is 4.44. The highest BCUT2D eigenvalue weighted by atomic mass is 32.2. The van der Waals surface area contributed by atoms with E-state index in [1.165, 1.54) is 6.07 Å². The van der Waals surface area contributed by atoms with Crippen molar-refractivity contribution in [1.29, 1.82) is 0 Å². The van der Waals surface area contributed by atoms with Gasteiger partial charge in [-0.05, 0) is 49.1 Å². The van der Waals surface area contributed by atoms with Gasteiger partial charge in [0.2, 0.25) is 0 Å². The van der Waals surface area contributed by atoms with Gasteiger partial charge in [0.25, 0.3) is 5.91 Å². The van der Waals surface area contributed by atoms with Crippen molar-refractivity contribution in [1.82, 2.24) is 14.7 Å². The van der Waals surface area contributed by atoms with E-state index >= 15 is 0 Å². The molecule has 8 heteroatoms. The van der Waals surface area contributed by atoms with Crippen LogP contribution >= 0.6 is 11.8 Å². The van der Waals surface area contributed by atoms with Crippen LogP contribution in [0.2, 0.25) is 0 Å². The number of aromatic nitrogens is 2. The fourth-order valence-corrected chi connectivity index (χ4v) is 5.38. The first-order chi connectivity index (χ1) is 15.6. The van der Waals surface area contributed by atoms with E-state index in [-0.39, 0.29) is 5.91 Å². The Morgan fingerprint density at radius 2 is 1.91 bits per heavy atom. The van der Waals surface area contributed by atoms with Crippen molar-refractivity contribution in [3.63, 3.8) is 0 Å². The van der Waals surface area contributed by atoms with Crippen LogP contribution in [0.1, 0.15) is 33.7 Å². The summed E-state index contributed by atoms with van der Waals surface area (Å²) in [6.45, 7) is 3.02. The number of nitrogens with zero attached hydrogens (tertiary/aromatic N) is 3. The van der Waals surface area contributed by atoms with Gasteiger partial charge in [-0.15, -0.1) is 0 Å². The summed E-state index contributed by atoms with van der Waals surface area (Å²) in [7, 11) is 0. The number of rotatable bonds is 5. The molecule has 1 saturated heterocycles. The lowest BCUT2D eigenvalue weighted by Crippen LogP contribution is -2.31. The van der Waals surface area contributed by atoms with Crippen LogP contribution in [-0.2, 0) is 19.4 Å². The van der Waals surface area contributed by atoms with Crippen molar-refractivity contribution in [3.8, 4) is 5.69 Å². The van der Waals surface area contributed by atoms with E-state index in [0.29, 0.717) is 11.4 Å². The van der Waals surface area contributed by atoms with Crippen LogP contribution in [0.15, 0.2) is 42.5 Å². The van der Waals surface area contributed by atoms with Crippen molar-refractivity contribution >= 4 is 23.4 Å². The molecule has 2 aromatic carbocycles. The number of hydrogen-bond acceptors (Lipinski definition) is 4. The Hall–Kier alpha value is -2.71. The summed E-state index contributed by atoms with van der Waals surface area (Å²) >= 11 is 1.98. The van der Waals surface area contributed by atoms with Gasteiger partial charge in [-0.3, -0.25) is 9.69 Å². The van der Waals surface area contributed by atoms with Crippen LogP contribution in [0, 0.1) is 11.6 Å². The van der Waals surface area contributed by atoms with Crippen LogP contribution < -0.4 is 5.32 Å². The monoisotopic (exact) mass is 454 g/mol. The molecule has 2 aliphatic rings. The molecule has 1 amide bonds. The van der Waals surface area contributed by atoms with Gasteiger partial charge in [-0.25, -0.2) is 13.5 Å². The smallest absolute Gasteiger partial charge is 0.276 e. The Morgan fingerprint density at radius 1 is 1.06 bits per heavy atom. The van der Waals surface area contributed by atoms with Gasteiger partial charge < -0.3 is 5.32 Å². The number of halogens is 2. The second-order valence-corrected chi connectivity index (χ2v) is 9.41. The van der Waals surface area contributed by atoms with Gasteiger partial charge in [0.05, 0.1) is 5.69 Å². The van der Waals surface area contributed by atoms with E-state index in [0.717, 1.165) is 85.0 Å². The third-order valence-electron chi connectivity index (χ3n) is 5.99. The predicted molar refractivity (Wildman–Crippen MR) is 123 cm³/mol. The standard InChI is InChI=1S/C24H24F2N4OS/c25-20-8-7-18(14-21(20)26)30-22-6-2-5-19(22)23(28-30)24(31)27-17-4-1-3-16(13-17)15-29-9-11-32-12-10-29/h1,3-4,7-8,13-14H,2,5-6,9-12,15H2,(H,27,31). The van der Waals surface area contributed by atoms with Crippen LogP contribution in [0.4, 0.5) is 14.5 Å². The zero-order chi connectivity index (χ0) is 22.1. The van der Waals surface area contributed by atoms with Crippen molar-refractivity contribution in [2.45, 2.75) is 25.8 Å². The Kier molecular flexibility index (Phi) is 5.97. The Morgan fingerprint density at radius 3 is 2.72 bits per heavy atom. The molecule has 1 aromatic heterocycles. The molecule has 0 unspecified atom stereocenters. The van der Waals surface area contributed by atoms with Gasteiger partial charge in [0, 0.05) is 54.2 Å². The number of benzene rings is 2. The number of amides is 1. The summed E-state index contributed by atoms with van der Waals surface area (Å²) in [6, 6.07) is 11.6. The van der Waals surface area contributed by atoms with Crippen molar-refractivity contribution in [2.75, 3.05) is 29.9 Å². The van der Waals surface area contributed by atoms with Gasteiger partial charge >= 0.3 is 0 Å². The zero-order valence-electron chi connectivity index (χ0n) is 17.6. The molecular weight excluding hydrogens is 430 g/mol. The molecular formula is C24H24F2N4OS. The quantitative estimate of drug-likeness (QED) is 0.619. The number of anilines is 1. The van der Waals surface area contributed by atoms with E-state index in [1.54, 1.807) is 4.68 Å². The molecule has 0 saturated carbocycles. The first kappa shape index (κ1) is 21.2. The van der Waals surface area contributed by atoms with Gasteiger partial charge in [0.15, 0.2) is 17.3 Å². The summed E-state index contributed by atoms with van der Waals surface area (Å²) in [5.41, 5.74) is 4.43. The van der Waals surface area contributed by atoms with E-state index < -0.39 is 11.6 Å². The number of carbonyl (C=O) groups excluding carboxylic acids is 1. The number of fused-ring (bicyclic) bond motifs is 1. The maximum Gasteiger partial charge on any atom is 0.276 e. The lowest BCUT2D eigenvalue weighted by Gasteiger charge is -2.26. The van der Waals surface area contributed by atoms with Crippen LogP contribution in [0.25, 0.3) is 5.69 Å². The SMILES string of the molecule is O=C(Nc1cccc(CN2CCSCC2)c1)c1nn(-c2ccc(F)c(F)c2)c2c1CCC2. The average molecular weight is 455 g/mol. The highest BCUT2D eigenvalue weighted by Gasteiger charge is 2.27. The largest absolute Gasteiger partial charge is 0.321 e. The summed E-state index contributed by atoms with van der Waals surface area (Å²) in [5.74, 6) is 0.194. The van der Waals surface area contributed by atoms with Crippen molar-refractivity contribution in [3.05, 3.63) is 76.6 Å². The molecule has 0 bridgehead atoms. The molecule has 5 nitrogen and oxygen atoms in total. The lowest BCUT2D eigenvalue weighted by atomic mass is 10.1. The number of hydrogen-bond donors (Lipinski definition) is 1. The molecule has 32 heavy (non-hydrogen) atoms. The van der Waals surface area contributed by atoms with Crippen molar-refractivity contribution in [2.24, 2.45) is 0 Å². The molecule has 5 rings (SSSR count). The van der Waals surface area contributed by atoms with E-state index in [1.807, 2.05) is 30.0 Å². The third kappa shape index (κ3) is 4.29. The molecule has 0 spiro atoms. The topological polar surface area (TPSA) is 50.2 Å². The molecule has 0 atom stereocenters. The number of nitrogens with one attached hydrogen (secondary N) is 1. The summed E-state index contributed by atoms with van der Waals surface area (Å²) in [5, 5.41) is 7.47. The molecule has 166 valence electrons. The Balaban J connectivity index is 1.37. The first-order valence-corrected chi connectivity index (χ1v) is 12.0. The second kappa shape index (κ2) is 9.03. The first-order valence-electron chi connectivity index (χ1n) is 10.8. The van der Waals surface area contributed by atoms with E-state index in [2.05, 4.69) is 21.4 Å². The summed E-state index contributed by atoms with van der Waals surface area (Å²) < 4.78 is 28.7. The highest BCUT2D eigenvalue weighted by Crippen LogP contribution is 2.29. The average Bonchev–Trinajstić information content (AvgIpc) is 3.40. The van der Waals surface area contributed by atoms with Crippen molar-refractivity contribution < 1.29 is 13.6 Å². The third-order valence-corrected chi connectivity index (χ3v) is 6.93. The minimum absolute atomic E-state index is 0.281. The Bertz CT molecular complexity index is 1160. The van der Waals surface area contributed by atoms with Crippen LogP contribution in [-0.4, -0.2) is 45.2 Å². The minimum atomic E-state index is -0.931. The molecule has 2 heterocycles. The molecule has 1 fully saturated rings. The van der Waals surface area contributed by atoms with Gasteiger partial charge in [-0.1, -0.05) is 12.1 Å². The molecule has 0 radical (unpaired) electrons. The fourth-order valence-electron chi connectivity index (χ4n) is 4.41. The molecule has 3 aromatic rings. The Labute approximate surface area is 189 Å².